The van der Waals surface area contributed by atoms with Crippen LogP contribution in [0.2, 0.25) is 0 Å². The van der Waals surface area contributed by atoms with Crippen molar-refractivity contribution in [2.24, 2.45) is 40.4 Å². The molecule has 3 saturated carbocycles. The van der Waals surface area contributed by atoms with E-state index >= 15 is 0 Å². The summed E-state index contributed by atoms with van der Waals surface area (Å²) in [7, 11) is 1.98. The average molecular weight is 396 g/mol. The van der Waals surface area contributed by atoms with Gasteiger partial charge in [0.1, 0.15) is 0 Å². The predicted octanol–water partition coefficient (Wildman–Crippen LogP) is 6.94. The van der Waals surface area contributed by atoms with Crippen LogP contribution in [0.15, 0.2) is 30.3 Å². The third kappa shape index (κ3) is 3.45. The van der Waals surface area contributed by atoms with Crippen molar-refractivity contribution in [1.29, 1.82) is 0 Å². The second-order valence-corrected chi connectivity index (χ2v) is 11.3. The summed E-state index contributed by atoms with van der Waals surface area (Å²) in [6.45, 7) is 9.69. The van der Waals surface area contributed by atoms with Gasteiger partial charge in [-0.1, -0.05) is 52.3 Å². The lowest BCUT2D eigenvalue weighted by atomic mass is 9.43. The Morgan fingerprint density at radius 3 is 2.45 bits per heavy atom. The molecule has 4 rings (SSSR count). The first-order chi connectivity index (χ1) is 13.8. The quantitative estimate of drug-likeness (QED) is 0.542. The Morgan fingerprint density at radius 1 is 1.03 bits per heavy atom. The van der Waals surface area contributed by atoms with Crippen LogP contribution in [0.3, 0.4) is 0 Å². The van der Waals surface area contributed by atoms with Crippen molar-refractivity contribution in [3.63, 3.8) is 0 Å². The second-order valence-electron chi connectivity index (χ2n) is 11.3. The third-order valence-electron chi connectivity index (χ3n) is 9.55. The standard InChI is InChI=1S/C27H41NO/c1-19(2)20-12-14-23-21(18-20)13-15-24-26(23,3)16-9-17-27(24,4)25(29)28(5)22-10-7-6-8-11-22/h6-8,10-11,19-21,23-24H,9,12-18H2,1-5H3/t20?,21?,23-,24?,26+,27+/m0/s1. The van der Waals surface area contributed by atoms with E-state index in [9.17, 15) is 4.79 Å². The first kappa shape index (κ1) is 20.9. The molecule has 0 N–H and O–H groups in total. The van der Waals surface area contributed by atoms with E-state index < -0.39 is 0 Å². The Labute approximate surface area is 178 Å². The van der Waals surface area contributed by atoms with E-state index in [0.717, 1.165) is 35.8 Å². The van der Waals surface area contributed by atoms with Crippen LogP contribution in [-0.4, -0.2) is 13.0 Å². The number of nitrogens with zero attached hydrogens (tertiary/aromatic N) is 1. The van der Waals surface area contributed by atoms with Gasteiger partial charge in [0.15, 0.2) is 0 Å². The summed E-state index contributed by atoms with van der Waals surface area (Å²) in [6, 6.07) is 10.2. The van der Waals surface area contributed by atoms with Crippen LogP contribution in [-0.2, 0) is 4.79 Å². The molecule has 0 bridgehead atoms. The summed E-state index contributed by atoms with van der Waals surface area (Å²) in [6.07, 6.45) is 10.4. The van der Waals surface area contributed by atoms with E-state index in [1.807, 2.05) is 30.1 Å². The lowest BCUT2D eigenvalue weighted by Crippen LogP contribution is -2.58. The molecule has 0 aliphatic heterocycles. The molecule has 160 valence electrons. The molecule has 3 aliphatic rings. The molecule has 2 heteroatoms. The van der Waals surface area contributed by atoms with Gasteiger partial charge in [0, 0.05) is 12.7 Å². The highest BCUT2D eigenvalue weighted by Gasteiger charge is 2.59. The predicted molar refractivity (Wildman–Crippen MR) is 122 cm³/mol. The Hall–Kier alpha value is -1.31. The molecule has 6 atom stereocenters. The lowest BCUT2D eigenvalue weighted by Gasteiger charge is -2.61. The topological polar surface area (TPSA) is 20.3 Å². The van der Waals surface area contributed by atoms with Crippen molar-refractivity contribution in [3.05, 3.63) is 30.3 Å². The van der Waals surface area contributed by atoms with Gasteiger partial charge in [-0.3, -0.25) is 4.79 Å². The number of benzene rings is 1. The number of hydrogen-bond acceptors (Lipinski definition) is 1. The Balaban J connectivity index is 1.59. The number of carbonyl (C=O) groups excluding carboxylic acids is 1. The number of para-hydroxylation sites is 1. The van der Waals surface area contributed by atoms with Gasteiger partial charge in [0.25, 0.3) is 0 Å². The fraction of sp³-hybridized carbons (Fsp3) is 0.741. The number of anilines is 1. The van der Waals surface area contributed by atoms with E-state index in [0.29, 0.717) is 17.2 Å². The normalized spacial score (nSPS) is 39.5. The molecular weight excluding hydrogens is 354 g/mol. The zero-order chi connectivity index (χ0) is 20.8. The van der Waals surface area contributed by atoms with E-state index in [1.165, 1.54) is 44.9 Å². The van der Waals surface area contributed by atoms with Gasteiger partial charge in [-0.25, -0.2) is 0 Å². The maximum Gasteiger partial charge on any atom is 0.232 e. The maximum absolute atomic E-state index is 13.8. The first-order valence-electron chi connectivity index (χ1n) is 12.1. The number of amides is 1. The summed E-state index contributed by atoms with van der Waals surface area (Å²) in [5.41, 5.74) is 1.14. The summed E-state index contributed by atoms with van der Waals surface area (Å²) in [5.74, 6) is 4.32. The van der Waals surface area contributed by atoms with E-state index in [4.69, 9.17) is 0 Å². The summed E-state index contributed by atoms with van der Waals surface area (Å²) < 4.78 is 0. The second kappa shape index (κ2) is 7.75. The minimum Gasteiger partial charge on any atom is -0.315 e. The van der Waals surface area contributed by atoms with Crippen LogP contribution in [0.5, 0.6) is 0 Å². The molecule has 1 amide bonds. The van der Waals surface area contributed by atoms with E-state index in [-0.39, 0.29) is 5.41 Å². The van der Waals surface area contributed by atoms with Gasteiger partial charge in [-0.15, -0.1) is 0 Å². The van der Waals surface area contributed by atoms with Gasteiger partial charge < -0.3 is 4.90 Å². The third-order valence-corrected chi connectivity index (χ3v) is 9.55. The molecule has 0 radical (unpaired) electrons. The first-order valence-corrected chi connectivity index (χ1v) is 12.1. The summed E-state index contributed by atoms with van der Waals surface area (Å²) in [4.78, 5) is 15.8. The molecule has 0 spiro atoms. The highest BCUT2D eigenvalue weighted by Crippen LogP contribution is 2.64. The fourth-order valence-corrected chi connectivity index (χ4v) is 7.89. The fourth-order valence-electron chi connectivity index (χ4n) is 7.89. The molecule has 0 heterocycles. The van der Waals surface area contributed by atoms with Crippen LogP contribution in [0.25, 0.3) is 0 Å². The van der Waals surface area contributed by atoms with Crippen LogP contribution in [0.4, 0.5) is 5.69 Å². The number of rotatable bonds is 3. The largest absolute Gasteiger partial charge is 0.315 e. The zero-order valence-electron chi connectivity index (χ0n) is 19.3. The summed E-state index contributed by atoms with van der Waals surface area (Å²) in [5, 5.41) is 0. The van der Waals surface area contributed by atoms with Crippen molar-refractivity contribution in [1.82, 2.24) is 0 Å². The molecule has 3 fully saturated rings. The van der Waals surface area contributed by atoms with E-state index in [1.54, 1.807) is 0 Å². The van der Waals surface area contributed by atoms with Gasteiger partial charge in [0.2, 0.25) is 5.91 Å². The van der Waals surface area contributed by atoms with Crippen molar-refractivity contribution < 1.29 is 4.79 Å². The molecule has 3 aliphatic carbocycles. The minimum atomic E-state index is -0.225. The van der Waals surface area contributed by atoms with Crippen molar-refractivity contribution in [3.8, 4) is 0 Å². The van der Waals surface area contributed by atoms with Gasteiger partial charge in [-0.2, -0.15) is 0 Å². The average Bonchev–Trinajstić information content (AvgIpc) is 2.72. The van der Waals surface area contributed by atoms with Gasteiger partial charge >= 0.3 is 0 Å². The zero-order valence-corrected chi connectivity index (χ0v) is 19.3. The minimum absolute atomic E-state index is 0.225. The lowest BCUT2D eigenvalue weighted by molar-refractivity contribution is -0.154. The Bertz CT molecular complexity index is 727. The van der Waals surface area contributed by atoms with Crippen molar-refractivity contribution >= 4 is 11.6 Å². The number of fused-ring (bicyclic) bond motifs is 3. The molecule has 29 heavy (non-hydrogen) atoms. The Kier molecular flexibility index (Phi) is 5.59. The SMILES string of the molecule is CC(C)C1CC[C@H]2C(CCC3[C@](C)(C(=O)N(C)c4ccccc4)CCC[C@@]32C)C1. The monoisotopic (exact) mass is 395 g/mol. The highest BCUT2D eigenvalue weighted by molar-refractivity contribution is 5.97. The van der Waals surface area contributed by atoms with Gasteiger partial charge in [-0.05, 0) is 92.1 Å². The van der Waals surface area contributed by atoms with Crippen LogP contribution < -0.4 is 4.90 Å². The van der Waals surface area contributed by atoms with Crippen molar-refractivity contribution in [2.45, 2.75) is 79.1 Å². The number of hydrogen-bond donors (Lipinski definition) is 0. The molecule has 0 saturated heterocycles. The molecular formula is C27H41NO. The van der Waals surface area contributed by atoms with Crippen LogP contribution in [0.1, 0.15) is 79.1 Å². The molecule has 1 aromatic carbocycles. The Morgan fingerprint density at radius 2 is 1.76 bits per heavy atom. The van der Waals surface area contributed by atoms with Crippen LogP contribution >= 0.6 is 0 Å². The van der Waals surface area contributed by atoms with Crippen molar-refractivity contribution in [2.75, 3.05) is 11.9 Å². The van der Waals surface area contributed by atoms with Crippen LogP contribution in [0, 0.1) is 40.4 Å². The molecule has 0 aromatic heterocycles. The highest BCUT2D eigenvalue weighted by atomic mass is 16.2. The van der Waals surface area contributed by atoms with Gasteiger partial charge in [0.05, 0.1) is 5.41 Å². The summed E-state index contributed by atoms with van der Waals surface area (Å²) >= 11 is 0. The molecule has 1 aromatic rings. The molecule has 3 unspecified atom stereocenters. The molecule has 2 nitrogen and oxygen atoms in total. The number of carbonyl (C=O) groups is 1. The smallest absolute Gasteiger partial charge is 0.232 e. The maximum atomic E-state index is 13.8. The van der Waals surface area contributed by atoms with E-state index in [2.05, 4.69) is 39.8 Å².